The topological polar surface area (TPSA) is 43.4 Å². The lowest BCUT2D eigenvalue weighted by Crippen LogP contribution is -2.00. The second-order valence-corrected chi connectivity index (χ2v) is 7.35. The molecule has 0 fully saturated rings. The Hall–Kier alpha value is -2.60. The molecule has 0 aliphatic carbocycles. The molecule has 0 radical (unpaired) electrons. The summed E-state index contributed by atoms with van der Waals surface area (Å²) in [5.41, 5.74) is 2.78. The van der Waals surface area contributed by atoms with Crippen molar-refractivity contribution in [2.45, 2.75) is 32.6 Å². The maximum Gasteiger partial charge on any atom is 0.187 e. The largest absolute Gasteiger partial charge is 0.497 e. The van der Waals surface area contributed by atoms with Crippen molar-refractivity contribution in [3.8, 4) is 11.5 Å². The van der Waals surface area contributed by atoms with Crippen LogP contribution in [0.3, 0.4) is 0 Å². The van der Waals surface area contributed by atoms with Crippen molar-refractivity contribution >= 4 is 22.2 Å². The zero-order valence-electron chi connectivity index (χ0n) is 16.2. The van der Waals surface area contributed by atoms with E-state index in [9.17, 15) is 4.39 Å². The van der Waals surface area contributed by atoms with Gasteiger partial charge in [-0.2, -0.15) is 0 Å². The molecule has 1 N–H and O–H groups in total. The number of thiazole rings is 1. The molecule has 2 aromatic carbocycles. The highest BCUT2D eigenvalue weighted by atomic mass is 32.1. The minimum atomic E-state index is -0.364. The average Bonchev–Trinajstić information content (AvgIpc) is 3.14. The molecule has 0 aliphatic rings. The Labute approximate surface area is 169 Å². The van der Waals surface area contributed by atoms with Crippen LogP contribution in [-0.4, -0.2) is 18.7 Å². The number of halogens is 1. The molecule has 0 amide bonds. The van der Waals surface area contributed by atoms with E-state index in [1.54, 1.807) is 13.2 Å². The van der Waals surface area contributed by atoms with Crippen LogP contribution in [-0.2, 0) is 6.42 Å². The fraction of sp³-hybridized carbons (Fsp3) is 0.318. The number of hydrogen-bond acceptors (Lipinski definition) is 5. The first-order chi connectivity index (χ1) is 13.7. The molecule has 148 valence electrons. The molecule has 1 heterocycles. The number of nitrogens with zero attached hydrogens (tertiary/aromatic N) is 1. The second kappa shape index (κ2) is 10.1. The van der Waals surface area contributed by atoms with Gasteiger partial charge in [0.25, 0.3) is 0 Å². The predicted octanol–water partition coefficient (Wildman–Crippen LogP) is 6.19. The number of nitrogens with one attached hydrogen (secondary N) is 1. The number of benzene rings is 2. The van der Waals surface area contributed by atoms with Gasteiger partial charge >= 0.3 is 0 Å². The third kappa shape index (κ3) is 5.70. The van der Waals surface area contributed by atoms with Gasteiger partial charge in [-0.3, -0.25) is 0 Å². The number of rotatable bonds is 10. The van der Waals surface area contributed by atoms with Crippen LogP contribution in [0.15, 0.2) is 47.8 Å². The van der Waals surface area contributed by atoms with Gasteiger partial charge in [-0.15, -0.1) is 11.3 Å². The minimum absolute atomic E-state index is 0.293. The number of ether oxygens (including phenoxy) is 2. The Balaban J connectivity index is 1.57. The molecule has 0 atom stereocenters. The van der Waals surface area contributed by atoms with Crippen molar-refractivity contribution in [1.82, 2.24) is 4.98 Å². The summed E-state index contributed by atoms with van der Waals surface area (Å²) in [4.78, 5) is 4.59. The van der Waals surface area contributed by atoms with Gasteiger partial charge in [-0.1, -0.05) is 31.9 Å². The van der Waals surface area contributed by atoms with Crippen LogP contribution in [0.5, 0.6) is 11.5 Å². The Morgan fingerprint density at radius 3 is 2.64 bits per heavy atom. The van der Waals surface area contributed by atoms with E-state index in [1.807, 2.05) is 35.7 Å². The van der Waals surface area contributed by atoms with Crippen molar-refractivity contribution in [1.29, 1.82) is 0 Å². The zero-order chi connectivity index (χ0) is 19.8. The molecule has 6 heteroatoms. The highest BCUT2D eigenvalue weighted by molar-refractivity contribution is 7.13. The van der Waals surface area contributed by atoms with Gasteiger partial charge in [0.15, 0.2) is 16.7 Å². The first-order valence-corrected chi connectivity index (χ1v) is 10.3. The van der Waals surface area contributed by atoms with Crippen LogP contribution >= 0.6 is 11.3 Å². The maximum absolute atomic E-state index is 14.2. The Morgan fingerprint density at radius 1 is 1.11 bits per heavy atom. The summed E-state index contributed by atoms with van der Waals surface area (Å²) in [6, 6.07) is 12.8. The van der Waals surface area contributed by atoms with E-state index in [1.165, 1.54) is 17.4 Å². The number of aromatic nitrogens is 1. The van der Waals surface area contributed by atoms with Crippen molar-refractivity contribution in [3.05, 3.63) is 64.9 Å². The van der Waals surface area contributed by atoms with Crippen LogP contribution in [0.4, 0.5) is 15.2 Å². The lowest BCUT2D eigenvalue weighted by atomic mass is 10.1. The number of hydrogen-bond donors (Lipinski definition) is 1. The number of unbranched alkanes of at least 4 members (excludes halogenated alkanes) is 2. The normalized spacial score (nSPS) is 10.7. The minimum Gasteiger partial charge on any atom is -0.497 e. The van der Waals surface area contributed by atoms with Gasteiger partial charge in [0.1, 0.15) is 5.75 Å². The van der Waals surface area contributed by atoms with Crippen molar-refractivity contribution < 1.29 is 13.9 Å². The first kappa shape index (κ1) is 20.1. The van der Waals surface area contributed by atoms with Gasteiger partial charge in [0, 0.05) is 23.6 Å². The fourth-order valence-corrected chi connectivity index (χ4v) is 3.48. The standard InChI is InChI=1S/C22H25FN2O2S/c1-3-4-5-12-27-21-11-8-17(14-20(21)23)24-22-25-18(15-28-22)13-16-6-9-19(26-2)10-7-16/h6-11,14-15H,3-5,12-13H2,1-2H3,(H,24,25). The van der Waals surface area contributed by atoms with E-state index in [0.717, 1.165) is 47.8 Å². The van der Waals surface area contributed by atoms with Crippen LogP contribution in [0.2, 0.25) is 0 Å². The summed E-state index contributed by atoms with van der Waals surface area (Å²) in [5, 5.41) is 5.91. The summed E-state index contributed by atoms with van der Waals surface area (Å²) in [6.45, 7) is 2.67. The molecule has 3 rings (SSSR count). The summed E-state index contributed by atoms with van der Waals surface area (Å²) in [5.74, 6) is 0.765. The first-order valence-electron chi connectivity index (χ1n) is 9.44. The van der Waals surface area contributed by atoms with E-state index >= 15 is 0 Å². The van der Waals surface area contributed by atoms with E-state index in [4.69, 9.17) is 9.47 Å². The quantitative estimate of drug-likeness (QED) is 0.412. The molecule has 1 aromatic heterocycles. The summed E-state index contributed by atoms with van der Waals surface area (Å²) >= 11 is 1.50. The van der Waals surface area contributed by atoms with Crippen molar-refractivity contribution in [2.24, 2.45) is 0 Å². The molecular weight excluding hydrogens is 375 g/mol. The summed E-state index contributed by atoms with van der Waals surface area (Å²) in [6.07, 6.45) is 3.88. The van der Waals surface area contributed by atoms with E-state index in [-0.39, 0.29) is 5.82 Å². The lowest BCUT2D eigenvalue weighted by Gasteiger charge is -2.09. The van der Waals surface area contributed by atoms with Crippen molar-refractivity contribution in [3.63, 3.8) is 0 Å². The van der Waals surface area contributed by atoms with E-state index in [0.29, 0.717) is 18.0 Å². The smallest absolute Gasteiger partial charge is 0.187 e. The predicted molar refractivity (Wildman–Crippen MR) is 113 cm³/mol. The molecule has 0 saturated heterocycles. The lowest BCUT2D eigenvalue weighted by molar-refractivity contribution is 0.291. The van der Waals surface area contributed by atoms with Gasteiger partial charge < -0.3 is 14.8 Å². The van der Waals surface area contributed by atoms with Gasteiger partial charge in [0.05, 0.1) is 19.4 Å². The SMILES string of the molecule is CCCCCOc1ccc(Nc2nc(Cc3ccc(OC)cc3)cs2)cc1F. The highest BCUT2D eigenvalue weighted by Crippen LogP contribution is 2.26. The zero-order valence-corrected chi connectivity index (χ0v) is 17.0. The fourth-order valence-electron chi connectivity index (χ4n) is 2.75. The molecular formula is C22H25FN2O2S. The van der Waals surface area contributed by atoms with E-state index < -0.39 is 0 Å². The van der Waals surface area contributed by atoms with Crippen LogP contribution in [0.1, 0.15) is 37.4 Å². The molecule has 0 saturated carbocycles. The van der Waals surface area contributed by atoms with E-state index in [2.05, 4.69) is 17.2 Å². The van der Waals surface area contributed by atoms with Gasteiger partial charge in [-0.05, 0) is 36.2 Å². The Morgan fingerprint density at radius 2 is 1.93 bits per heavy atom. The molecule has 3 aromatic rings. The third-order valence-electron chi connectivity index (χ3n) is 4.28. The van der Waals surface area contributed by atoms with Crippen LogP contribution in [0, 0.1) is 5.82 Å². The second-order valence-electron chi connectivity index (χ2n) is 6.49. The van der Waals surface area contributed by atoms with Gasteiger partial charge in [-0.25, -0.2) is 9.37 Å². The summed E-state index contributed by atoms with van der Waals surface area (Å²) in [7, 11) is 1.65. The number of anilines is 2. The molecule has 0 spiro atoms. The molecule has 0 unspecified atom stereocenters. The maximum atomic E-state index is 14.2. The van der Waals surface area contributed by atoms with Gasteiger partial charge in [0.2, 0.25) is 0 Å². The monoisotopic (exact) mass is 400 g/mol. The molecule has 28 heavy (non-hydrogen) atoms. The Kier molecular flexibility index (Phi) is 7.25. The van der Waals surface area contributed by atoms with Crippen molar-refractivity contribution in [2.75, 3.05) is 19.0 Å². The molecule has 0 bridgehead atoms. The Bertz CT molecular complexity index is 880. The average molecular weight is 401 g/mol. The van der Waals surface area contributed by atoms with Crippen LogP contribution in [0.25, 0.3) is 0 Å². The summed E-state index contributed by atoms with van der Waals surface area (Å²) < 4.78 is 24.9. The third-order valence-corrected chi connectivity index (χ3v) is 5.09. The molecule has 4 nitrogen and oxygen atoms in total. The molecule has 0 aliphatic heterocycles. The number of methoxy groups -OCH3 is 1. The highest BCUT2D eigenvalue weighted by Gasteiger charge is 2.08. The van der Waals surface area contributed by atoms with Crippen LogP contribution < -0.4 is 14.8 Å².